The molecule has 0 N–H and O–H groups in total. The molecule has 0 atom stereocenters. The van der Waals surface area contributed by atoms with Crippen molar-refractivity contribution in [3.63, 3.8) is 0 Å². The van der Waals surface area contributed by atoms with Crippen LogP contribution in [0.3, 0.4) is 0 Å². The Bertz CT molecular complexity index is 485. The Balaban J connectivity index is 2.53. The third-order valence-electron chi connectivity index (χ3n) is 4.31. The van der Waals surface area contributed by atoms with Crippen LogP contribution in [0.1, 0.15) is 61.4 Å². The smallest absolute Gasteiger partial charge is 0.253 e. The topological polar surface area (TPSA) is 22.0 Å². The van der Waals surface area contributed by atoms with Crippen LogP contribution in [0.2, 0.25) is 0 Å². The van der Waals surface area contributed by atoms with Crippen molar-refractivity contribution in [3.8, 4) is 0 Å². The van der Waals surface area contributed by atoms with E-state index in [-0.39, 0.29) is 5.56 Å². The number of fused-ring (bicyclic) bond motifs is 1. The standard InChI is InChI=1S/C16H25NO/c1-4-5-11-17-13(3)15-10-8-6-7-9-14(15)12(2)16(17)18/h4-11H2,1-3H3. The van der Waals surface area contributed by atoms with Gasteiger partial charge in [0, 0.05) is 17.8 Å². The zero-order chi connectivity index (χ0) is 13.1. The first kappa shape index (κ1) is 13.4. The van der Waals surface area contributed by atoms with Crippen LogP contribution in [0.5, 0.6) is 0 Å². The molecule has 0 saturated heterocycles. The van der Waals surface area contributed by atoms with Crippen LogP contribution < -0.4 is 5.56 Å². The maximum atomic E-state index is 12.4. The zero-order valence-corrected chi connectivity index (χ0v) is 12.0. The molecule has 2 rings (SSSR count). The average molecular weight is 247 g/mol. The SMILES string of the molecule is CCCCn1c(C)c2c(c(C)c1=O)CCCCC2. The van der Waals surface area contributed by atoms with Gasteiger partial charge in [-0.25, -0.2) is 0 Å². The van der Waals surface area contributed by atoms with Crippen molar-refractivity contribution in [3.05, 3.63) is 32.7 Å². The van der Waals surface area contributed by atoms with E-state index in [4.69, 9.17) is 0 Å². The molecule has 1 heterocycles. The molecule has 18 heavy (non-hydrogen) atoms. The van der Waals surface area contributed by atoms with E-state index in [9.17, 15) is 4.79 Å². The maximum Gasteiger partial charge on any atom is 0.253 e. The summed E-state index contributed by atoms with van der Waals surface area (Å²) in [5.74, 6) is 0. The minimum Gasteiger partial charge on any atom is -0.312 e. The number of hydrogen-bond acceptors (Lipinski definition) is 1. The van der Waals surface area contributed by atoms with E-state index in [1.807, 2.05) is 11.5 Å². The number of aromatic nitrogens is 1. The highest BCUT2D eigenvalue weighted by atomic mass is 16.1. The molecule has 0 saturated carbocycles. The van der Waals surface area contributed by atoms with E-state index in [1.165, 1.54) is 36.1 Å². The van der Waals surface area contributed by atoms with Gasteiger partial charge >= 0.3 is 0 Å². The summed E-state index contributed by atoms with van der Waals surface area (Å²) in [4.78, 5) is 12.4. The molecule has 0 aromatic carbocycles. The van der Waals surface area contributed by atoms with E-state index in [0.29, 0.717) is 0 Å². The van der Waals surface area contributed by atoms with Gasteiger partial charge in [0.2, 0.25) is 0 Å². The molecule has 2 nitrogen and oxygen atoms in total. The van der Waals surface area contributed by atoms with E-state index in [2.05, 4.69) is 13.8 Å². The molecule has 0 spiro atoms. The van der Waals surface area contributed by atoms with Crippen LogP contribution in [0, 0.1) is 13.8 Å². The van der Waals surface area contributed by atoms with Crippen molar-refractivity contribution < 1.29 is 0 Å². The first-order valence-electron chi connectivity index (χ1n) is 7.38. The van der Waals surface area contributed by atoms with Crippen LogP contribution >= 0.6 is 0 Å². The minimum absolute atomic E-state index is 0.251. The minimum atomic E-state index is 0.251. The van der Waals surface area contributed by atoms with Crippen molar-refractivity contribution in [2.24, 2.45) is 0 Å². The van der Waals surface area contributed by atoms with E-state index in [0.717, 1.165) is 37.8 Å². The second-order valence-electron chi connectivity index (χ2n) is 5.54. The quantitative estimate of drug-likeness (QED) is 0.749. The van der Waals surface area contributed by atoms with Crippen LogP contribution in [-0.4, -0.2) is 4.57 Å². The van der Waals surface area contributed by atoms with Gasteiger partial charge in [-0.1, -0.05) is 19.8 Å². The highest BCUT2D eigenvalue weighted by molar-refractivity contribution is 5.37. The number of hydrogen-bond donors (Lipinski definition) is 0. The molecule has 1 aromatic heterocycles. The summed E-state index contributed by atoms with van der Waals surface area (Å²) in [5, 5.41) is 0. The van der Waals surface area contributed by atoms with Crippen molar-refractivity contribution in [2.75, 3.05) is 0 Å². The fraction of sp³-hybridized carbons (Fsp3) is 0.688. The fourth-order valence-electron chi connectivity index (χ4n) is 3.13. The van der Waals surface area contributed by atoms with Gasteiger partial charge in [0.05, 0.1) is 0 Å². The monoisotopic (exact) mass is 247 g/mol. The Morgan fingerprint density at radius 1 is 1.06 bits per heavy atom. The molecule has 0 unspecified atom stereocenters. The largest absolute Gasteiger partial charge is 0.312 e. The summed E-state index contributed by atoms with van der Waals surface area (Å²) in [5.41, 5.74) is 5.33. The molecule has 100 valence electrons. The summed E-state index contributed by atoms with van der Waals surface area (Å²) in [7, 11) is 0. The van der Waals surface area contributed by atoms with Gasteiger partial charge < -0.3 is 4.57 Å². The highest BCUT2D eigenvalue weighted by Gasteiger charge is 2.18. The van der Waals surface area contributed by atoms with E-state index < -0.39 is 0 Å². The molecule has 0 fully saturated rings. The van der Waals surface area contributed by atoms with Crippen molar-refractivity contribution in [1.82, 2.24) is 4.57 Å². The van der Waals surface area contributed by atoms with Crippen LogP contribution in [-0.2, 0) is 19.4 Å². The first-order valence-corrected chi connectivity index (χ1v) is 7.38. The fourth-order valence-corrected chi connectivity index (χ4v) is 3.13. The lowest BCUT2D eigenvalue weighted by Crippen LogP contribution is -2.28. The molecule has 1 aromatic rings. The molecule has 0 amide bonds. The van der Waals surface area contributed by atoms with E-state index in [1.54, 1.807) is 0 Å². The Morgan fingerprint density at radius 3 is 2.39 bits per heavy atom. The van der Waals surface area contributed by atoms with Gasteiger partial charge in [0.25, 0.3) is 5.56 Å². The van der Waals surface area contributed by atoms with Crippen molar-refractivity contribution in [1.29, 1.82) is 0 Å². The molecule has 0 radical (unpaired) electrons. The number of rotatable bonds is 3. The average Bonchev–Trinajstić information content (AvgIpc) is 2.62. The zero-order valence-electron chi connectivity index (χ0n) is 12.0. The third-order valence-corrected chi connectivity index (χ3v) is 4.31. The van der Waals surface area contributed by atoms with Crippen LogP contribution in [0.4, 0.5) is 0 Å². The second kappa shape index (κ2) is 5.73. The third kappa shape index (κ3) is 2.38. The van der Waals surface area contributed by atoms with Crippen molar-refractivity contribution in [2.45, 2.75) is 72.3 Å². The van der Waals surface area contributed by atoms with Gasteiger partial charge in [-0.3, -0.25) is 4.79 Å². The number of nitrogens with zero attached hydrogens (tertiary/aromatic N) is 1. The van der Waals surface area contributed by atoms with Gasteiger partial charge in [0.15, 0.2) is 0 Å². The molecule has 2 heteroatoms. The summed E-state index contributed by atoms with van der Waals surface area (Å²) in [6, 6.07) is 0. The van der Waals surface area contributed by atoms with E-state index >= 15 is 0 Å². The predicted octanol–water partition coefficient (Wildman–Crippen LogP) is 3.53. The maximum absolute atomic E-state index is 12.4. The number of unbranched alkanes of at least 4 members (excludes halogenated alkanes) is 1. The molecular formula is C16H25NO. The Labute approximate surface area is 110 Å². The lowest BCUT2D eigenvalue weighted by molar-refractivity contribution is 0.588. The van der Waals surface area contributed by atoms with Crippen molar-refractivity contribution >= 4 is 0 Å². The number of pyridine rings is 1. The lowest BCUT2D eigenvalue weighted by atomic mass is 9.97. The summed E-state index contributed by atoms with van der Waals surface area (Å²) >= 11 is 0. The summed E-state index contributed by atoms with van der Waals surface area (Å²) in [6.07, 6.45) is 8.32. The van der Waals surface area contributed by atoms with Gasteiger partial charge in [-0.05, 0) is 57.1 Å². The van der Waals surface area contributed by atoms with Crippen LogP contribution in [0.25, 0.3) is 0 Å². The Kier molecular flexibility index (Phi) is 4.26. The molecule has 1 aliphatic rings. The molecule has 1 aliphatic carbocycles. The first-order chi connectivity index (χ1) is 8.66. The molecule has 0 bridgehead atoms. The normalized spacial score (nSPS) is 15.3. The highest BCUT2D eigenvalue weighted by Crippen LogP contribution is 2.24. The second-order valence-corrected chi connectivity index (χ2v) is 5.54. The van der Waals surface area contributed by atoms with Crippen LogP contribution in [0.15, 0.2) is 4.79 Å². The lowest BCUT2D eigenvalue weighted by Gasteiger charge is -2.18. The molecular weight excluding hydrogens is 222 g/mol. The Hall–Kier alpha value is -1.05. The van der Waals surface area contributed by atoms with Gasteiger partial charge in [-0.2, -0.15) is 0 Å². The summed E-state index contributed by atoms with van der Waals surface area (Å²) in [6.45, 7) is 7.22. The van der Waals surface area contributed by atoms with Gasteiger partial charge in [0.1, 0.15) is 0 Å². The Morgan fingerprint density at radius 2 is 1.72 bits per heavy atom. The molecule has 0 aliphatic heterocycles. The summed E-state index contributed by atoms with van der Waals surface area (Å²) < 4.78 is 2.02. The predicted molar refractivity (Wildman–Crippen MR) is 76.3 cm³/mol. The van der Waals surface area contributed by atoms with Gasteiger partial charge in [-0.15, -0.1) is 0 Å².